The van der Waals surface area contributed by atoms with E-state index in [-0.39, 0.29) is 0 Å². The lowest BCUT2D eigenvalue weighted by Crippen LogP contribution is -2.41. The Morgan fingerprint density at radius 1 is 1.35 bits per heavy atom. The second kappa shape index (κ2) is 4.91. The van der Waals surface area contributed by atoms with Gasteiger partial charge in [0.2, 0.25) is 10.0 Å². The zero-order chi connectivity index (χ0) is 12.5. The van der Waals surface area contributed by atoms with E-state index in [1.54, 1.807) is 12.4 Å². The highest BCUT2D eigenvalue weighted by molar-refractivity contribution is 9.10. The molecular weight excluding hydrogens is 306 g/mol. The summed E-state index contributed by atoms with van der Waals surface area (Å²) in [5, 5.41) is 4.75. The Morgan fingerprint density at radius 2 is 2.00 bits per heavy atom. The van der Waals surface area contributed by atoms with Crippen molar-refractivity contribution in [1.29, 1.82) is 0 Å². The van der Waals surface area contributed by atoms with Crippen molar-refractivity contribution in [2.75, 3.05) is 18.0 Å². The van der Waals surface area contributed by atoms with E-state index in [1.165, 1.54) is 0 Å². The maximum Gasteiger partial charge on any atom is 0.212 e. The second-order valence-electron chi connectivity index (χ2n) is 4.14. The average Bonchev–Trinajstić information content (AvgIpc) is 2.28. The largest absolute Gasteiger partial charge is 0.370 e. The van der Waals surface area contributed by atoms with Gasteiger partial charge in [-0.25, -0.2) is 13.6 Å². The number of rotatable bonds is 2. The van der Waals surface area contributed by atoms with Crippen LogP contribution >= 0.6 is 15.9 Å². The van der Waals surface area contributed by atoms with Crippen LogP contribution in [-0.2, 0) is 10.0 Å². The van der Waals surface area contributed by atoms with Gasteiger partial charge in [-0.3, -0.25) is 4.98 Å². The third-order valence-corrected chi connectivity index (χ3v) is 4.80. The van der Waals surface area contributed by atoms with Crippen LogP contribution in [0, 0.1) is 0 Å². The van der Waals surface area contributed by atoms with Crippen LogP contribution in [0.25, 0.3) is 0 Å². The van der Waals surface area contributed by atoms with Crippen LogP contribution in [0.4, 0.5) is 5.69 Å². The smallest absolute Gasteiger partial charge is 0.212 e. The molecule has 1 fully saturated rings. The molecule has 0 spiro atoms. The quantitative estimate of drug-likeness (QED) is 0.885. The number of piperidine rings is 1. The van der Waals surface area contributed by atoms with Crippen LogP contribution in [-0.4, -0.2) is 31.7 Å². The van der Waals surface area contributed by atoms with E-state index in [1.807, 2.05) is 6.07 Å². The number of hydrogen-bond donors (Lipinski definition) is 1. The predicted octanol–water partition coefficient (Wildman–Crippen LogP) is 1.10. The fourth-order valence-corrected chi connectivity index (χ4v) is 3.24. The van der Waals surface area contributed by atoms with E-state index >= 15 is 0 Å². The summed E-state index contributed by atoms with van der Waals surface area (Å²) in [5.74, 6) is 0. The van der Waals surface area contributed by atoms with Crippen molar-refractivity contribution in [2.45, 2.75) is 18.1 Å². The number of sulfonamides is 1. The molecule has 17 heavy (non-hydrogen) atoms. The normalized spacial score (nSPS) is 18.4. The number of anilines is 1. The van der Waals surface area contributed by atoms with Crippen molar-refractivity contribution in [2.24, 2.45) is 5.14 Å². The Labute approximate surface area is 109 Å². The minimum atomic E-state index is -3.39. The zero-order valence-corrected chi connectivity index (χ0v) is 11.6. The molecule has 0 radical (unpaired) electrons. The highest BCUT2D eigenvalue weighted by Crippen LogP contribution is 2.23. The maximum atomic E-state index is 11.2. The Kier molecular flexibility index (Phi) is 3.70. The molecule has 0 bridgehead atoms. The monoisotopic (exact) mass is 319 g/mol. The van der Waals surface area contributed by atoms with Gasteiger partial charge < -0.3 is 4.90 Å². The van der Waals surface area contributed by atoms with E-state index in [0.29, 0.717) is 25.9 Å². The molecule has 1 saturated heterocycles. The summed E-state index contributed by atoms with van der Waals surface area (Å²) in [5.41, 5.74) is 1.01. The van der Waals surface area contributed by atoms with Gasteiger partial charge in [-0.2, -0.15) is 0 Å². The lowest BCUT2D eigenvalue weighted by molar-refractivity contribution is 0.531. The minimum Gasteiger partial charge on any atom is -0.370 e. The standard InChI is InChI=1S/C10H14BrN3O2S/c11-8-5-9(7-13-6-8)14-3-1-10(2-4-14)17(12,15)16/h5-7,10H,1-4H2,(H2,12,15,16). The summed E-state index contributed by atoms with van der Waals surface area (Å²) in [6, 6.07) is 1.98. The van der Waals surface area contributed by atoms with Crippen LogP contribution < -0.4 is 10.0 Å². The van der Waals surface area contributed by atoms with Gasteiger partial charge in [0, 0.05) is 23.8 Å². The molecule has 2 N–H and O–H groups in total. The molecule has 2 heterocycles. The van der Waals surface area contributed by atoms with Gasteiger partial charge in [0.15, 0.2) is 0 Å². The molecule has 1 aromatic rings. The predicted molar refractivity (Wildman–Crippen MR) is 70.3 cm³/mol. The lowest BCUT2D eigenvalue weighted by Gasteiger charge is -2.32. The Morgan fingerprint density at radius 3 is 2.53 bits per heavy atom. The van der Waals surface area contributed by atoms with Crippen molar-refractivity contribution >= 4 is 31.6 Å². The molecule has 5 nitrogen and oxygen atoms in total. The van der Waals surface area contributed by atoms with Crippen molar-refractivity contribution in [1.82, 2.24) is 4.98 Å². The van der Waals surface area contributed by atoms with Crippen molar-refractivity contribution in [3.63, 3.8) is 0 Å². The van der Waals surface area contributed by atoms with Crippen LogP contribution in [0.2, 0.25) is 0 Å². The molecule has 7 heteroatoms. The average molecular weight is 320 g/mol. The molecule has 1 aliphatic rings. The molecule has 1 aromatic heterocycles. The number of aromatic nitrogens is 1. The summed E-state index contributed by atoms with van der Waals surface area (Å²) in [4.78, 5) is 6.22. The first kappa shape index (κ1) is 12.8. The highest BCUT2D eigenvalue weighted by Gasteiger charge is 2.27. The maximum absolute atomic E-state index is 11.2. The number of pyridine rings is 1. The molecule has 0 atom stereocenters. The fraction of sp³-hybridized carbons (Fsp3) is 0.500. The number of nitrogens with two attached hydrogens (primary N) is 1. The highest BCUT2D eigenvalue weighted by atomic mass is 79.9. The van der Waals surface area contributed by atoms with E-state index in [4.69, 9.17) is 5.14 Å². The molecular formula is C10H14BrN3O2S. The Balaban J connectivity index is 2.05. The molecule has 1 aliphatic heterocycles. The van der Waals surface area contributed by atoms with Gasteiger partial charge >= 0.3 is 0 Å². The van der Waals surface area contributed by atoms with Gasteiger partial charge in [0.25, 0.3) is 0 Å². The van der Waals surface area contributed by atoms with Crippen LogP contribution in [0.5, 0.6) is 0 Å². The van der Waals surface area contributed by atoms with E-state index in [2.05, 4.69) is 25.8 Å². The molecule has 0 saturated carbocycles. The zero-order valence-electron chi connectivity index (χ0n) is 9.21. The topological polar surface area (TPSA) is 76.3 Å². The first-order chi connectivity index (χ1) is 7.97. The lowest BCUT2D eigenvalue weighted by atomic mass is 10.1. The number of primary sulfonamides is 1. The summed E-state index contributed by atoms with van der Waals surface area (Å²) in [6.07, 6.45) is 4.65. The SMILES string of the molecule is NS(=O)(=O)C1CCN(c2cncc(Br)c2)CC1. The Hall–Kier alpha value is -0.660. The molecule has 0 amide bonds. The summed E-state index contributed by atoms with van der Waals surface area (Å²) in [7, 11) is -3.39. The minimum absolute atomic E-state index is 0.404. The second-order valence-corrected chi connectivity index (χ2v) is 6.90. The van der Waals surface area contributed by atoms with Crippen molar-refractivity contribution < 1.29 is 8.42 Å². The third kappa shape index (κ3) is 3.17. The number of hydrogen-bond acceptors (Lipinski definition) is 4. The summed E-state index contributed by atoms with van der Waals surface area (Å²) < 4.78 is 23.4. The molecule has 0 aliphatic carbocycles. The van der Waals surface area contributed by atoms with Gasteiger partial charge in [-0.1, -0.05) is 0 Å². The molecule has 2 rings (SSSR count). The van der Waals surface area contributed by atoms with Crippen LogP contribution in [0.15, 0.2) is 22.9 Å². The fourth-order valence-electron chi connectivity index (χ4n) is 2.02. The van der Waals surface area contributed by atoms with Gasteiger partial charge in [0.05, 0.1) is 17.1 Å². The molecule has 0 aromatic carbocycles. The number of nitrogens with zero attached hydrogens (tertiary/aromatic N) is 2. The summed E-state index contributed by atoms with van der Waals surface area (Å²) >= 11 is 3.37. The van der Waals surface area contributed by atoms with Crippen molar-refractivity contribution in [3.05, 3.63) is 22.9 Å². The third-order valence-electron chi connectivity index (χ3n) is 2.96. The molecule has 94 valence electrons. The van der Waals surface area contributed by atoms with Gasteiger partial charge in [0.1, 0.15) is 0 Å². The number of halogens is 1. The first-order valence-electron chi connectivity index (χ1n) is 5.34. The Bertz CT molecular complexity index is 498. The van der Waals surface area contributed by atoms with Gasteiger partial charge in [-0.05, 0) is 34.8 Å². The first-order valence-corrected chi connectivity index (χ1v) is 7.74. The van der Waals surface area contributed by atoms with Crippen molar-refractivity contribution in [3.8, 4) is 0 Å². The van der Waals surface area contributed by atoms with E-state index < -0.39 is 15.3 Å². The van der Waals surface area contributed by atoms with Gasteiger partial charge in [-0.15, -0.1) is 0 Å². The van der Waals surface area contributed by atoms with Crippen LogP contribution in [0.3, 0.4) is 0 Å². The van der Waals surface area contributed by atoms with Crippen LogP contribution in [0.1, 0.15) is 12.8 Å². The van der Waals surface area contributed by atoms with E-state index in [9.17, 15) is 8.42 Å². The molecule has 0 unspecified atom stereocenters. The van der Waals surface area contributed by atoms with E-state index in [0.717, 1.165) is 10.2 Å². The summed E-state index contributed by atoms with van der Waals surface area (Å²) in [6.45, 7) is 1.39.